The maximum absolute atomic E-state index is 2.46. The first-order valence-electron chi connectivity index (χ1n) is 5.74. The van der Waals surface area contributed by atoms with Gasteiger partial charge < -0.3 is 0 Å². The van der Waals surface area contributed by atoms with E-state index >= 15 is 0 Å². The van der Waals surface area contributed by atoms with Gasteiger partial charge >= 0.3 is 0 Å². The lowest BCUT2D eigenvalue weighted by atomic mass is 9.86. The van der Waals surface area contributed by atoms with Crippen molar-refractivity contribution >= 4 is 0 Å². The molecule has 3 unspecified atom stereocenters. The van der Waals surface area contributed by atoms with E-state index in [0.29, 0.717) is 0 Å². The molecule has 1 aliphatic rings. The van der Waals surface area contributed by atoms with E-state index in [9.17, 15) is 0 Å². The zero-order chi connectivity index (χ0) is 8.97. The maximum Gasteiger partial charge on any atom is -0.0388 e. The molecular weight excluding hydrogens is 144 g/mol. The first kappa shape index (κ1) is 10.1. The zero-order valence-electron chi connectivity index (χ0n) is 8.97. The van der Waals surface area contributed by atoms with Crippen molar-refractivity contribution < 1.29 is 0 Å². The fraction of sp³-hybridized carbons (Fsp3) is 1.00. The van der Waals surface area contributed by atoms with Crippen molar-refractivity contribution in [3.63, 3.8) is 0 Å². The molecular formula is C12H24. The van der Waals surface area contributed by atoms with Crippen molar-refractivity contribution in [2.45, 2.75) is 59.3 Å². The predicted molar refractivity (Wildman–Crippen MR) is 55.2 cm³/mol. The Kier molecular flexibility index (Phi) is 4.11. The number of rotatable bonds is 2. The van der Waals surface area contributed by atoms with E-state index in [1.807, 2.05) is 0 Å². The van der Waals surface area contributed by atoms with E-state index in [1.54, 1.807) is 0 Å². The number of hydrogen-bond donors (Lipinski definition) is 0. The molecule has 0 heteroatoms. The van der Waals surface area contributed by atoms with Crippen LogP contribution in [0.25, 0.3) is 0 Å². The van der Waals surface area contributed by atoms with E-state index in [2.05, 4.69) is 20.8 Å². The minimum absolute atomic E-state index is 0.995. The van der Waals surface area contributed by atoms with Crippen LogP contribution < -0.4 is 0 Å². The summed E-state index contributed by atoms with van der Waals surface area (Å²) in [6, 6.07) is 0. The summed E-state index contributed by atoms with van der Waals surface area (Å²) in [6.45, 7) is 7.19. The van der Waals surface area contributed by atoms with Gasteiger partial charge in [-0.3, -0.25) is 0 Å². The van der Waals surface area contributed by atoms with Gasteiger partial charge in [0.15, 0.2) is 0 Å². The smallest absolute Gasteiger partial charge is 0.0388 e. The first-order chi connectivity index (χ1) is 5.74. The average molecular weight is 168 g/mol. The largest absolute Gasteiger partial charge is 0.0654 e. The first-order valence-corrected chi connectivity index (χ1v) is 5.74. The third-order valence-corrected chi connectivity index (χ3v) is 3.61. The molecule has 1 rings (SSSR count). The van der Waals surface area contributed by atoms with Gasteiger partial charge in [-0.1, -0.05) is 52.9 Å². The van der Waals surface area contributed by atoms with Crippen LogP contribution in [-0.4, -0.2) is 0 Å². The second kappa shape index (κ2) is 4.89. The topological polar surface area (TPSA) is 0 Å². The SMILES string of the molecule is CCCC1CCC(C)CCC1C. The van der Waals surface area contributed by atoms with Crippen LogP contribution in [0.5, 0.6) is 0 Å². The molecule has 0 amide bonds. The fourth-order valence-electron chi connectivity index (χ4n) is 2.51. The van der Waals surface area contributed by atoms with Gasteiger partial charge in [0.05, 0.1) is 0 Å². The van der Waals surface area contributed by atoms with E-state index in [-0.39, 0.29) is 0 Å². The lowest BCUT2D eigenvalue weighted by Gasteiger charge is -2.20. The Balaban J connectivity index is 2.38. The van der Waals surface area contributed by atoms with Crippen LogP contribution in [0.1, 0.15) is 59.3 Å². The van der Waals surface area contributed by atoms with Crippen molar-refractivity contribution in [2.24, 2.45) is 17.8 Å². The molecule has 0 aromatic carbocycles. The quantitative estimate of drug-likeness (QED) is 0.541. The van der Waals surface area contributed by atoms with Gasteiger partial charge in [0, 0.05) is 0 Å². The Morgan fingerprint density at radius 3 is 2.33 bits per heavy atom. The molecule has 3 atom stereocenters. The van der Waals surface area contributed by atoms with Gasteiger partial charge in [-0.25, -0.2) is 0 Å². The molecule has 1 aliphatic carbocycles. The van der Waals surface area contributed by atoms with E-state index < -0.39 is 0 Å². The molecule has 0 bridgehead atoms. The summed E-state index contributed by atoms with van der Waals surface area (Å²) in [5.74, 6) is 3.03. The average Bonchev–Trinajstić information content (AvgIpc) is 2.20. The van der Waals surface area contributed by atoms with Crippen molar-refractivity contribution in [3.05, 3.63) is 0 Å². The van der Waals surface area contributed by atoms with Crippen LogP contribution in [0, 0.1) is 17.8 Å². The van der Waals surface area contributed by atoms with Crippen LogP contribution in [0.15, 0.2) is 0 Å². The molecule has 0 aliphatic heterocycles. The summed E-state index contributed by atoms with van der Waals surface area (Å²) >= 11 is 0. The van der Waals surface area contributed by atoms with E-state index in [1.165, 1.54) is 38.5 Å². The summed E-state index contributed by atoms with van der Waals surface area (Å²) < 4.78 is 0. The van der Waals surface area contributed by atoms with Crippen LogP contribution in [-0.2, 0) is 0 Å². The second-order valence-corrected chi connectivity index (χ2v) is 4.79. The Labute approximate surface area is 77.7 Å². The van der Waals surface area contributed by atoms with Crippen LogP contribution in [0.4, 0.5) is 0 Å². The Morgan fingerprint density at radius 1 is 1.00 bits per heavy atom. The molecule has 72 valence electrons. The highest BCUT2D eigenvalue weighted by Gasteiger charge is 2.21. The molecule has 1 saturated carbocycles. The zero-order valence-corrected chi connectivity index (χ0v) is 8.97. The third-order valence-electron chi connectivity index (χ3n) is 3.61. The summed E-state index contributed by atoms with van der Waals surface area (Å²) in [6.07, 6.45) is 8.77. The van der Waals surface area contributed by atoms with Crippen LogP contribution in [0.3, 0.4) is 0 Å². The molecule has 12 heavy (non-hydrogen) atoms. The minimum Gasteiger partial charge on any atom is -0.0654 e. The highest BCUT2D eigenvalue weighted by atomic mass is 14.3. The van der Waals surface area contributed by atoms with Crippen LogP contribution >= 0.6 is 0 Å². The van der Waals surface area contributed by atoms with Gasteiger partial charge in [-0.2, -0.15) is 0 Å². The monoisotopic (exact) mass is 168 g/mol. The standard InChI is InChI=1S/C12H24/c1-4-5-12-9-7-10(2)6-8-11(12)3/h10-12H,4-9H2,1-3H3. The molecule has 0 heterocycles. The maximum atomic E-state index is 2.46. The summed E-state index contributed by atoms with van der Waals surface area (Å²) in [4.78, 5) is 0. The molecule has 0 nitrogen and oxygen atoms in total. The predicted octanol–water partition coefficient (Wildman–Crippen LogP) is 4.25. The fourth-order valence-corrected chi connectivity index (χ4v) is 2.51. The van der Waals surface area contributed by atoms with Crippen LogP contribution in [0.2, 0.25) is 0 Å². The Bertz CT molecular complexity index is 117. The number of hydrogen-bond acceptors (Lipinski definition) is 0. The molecule has 0 N–H and O–H groups in total. The van der Waals surface area contributed by atoms with E-state index in [0.717, 1.165) is 17.8 Å². The van der Waals surface area contributed by atoms with Gasteiger partial charge in [-0.15, -0.1) is 0 Å². The lowest BCUT2D eigenvalue weighted by Crippen LogP contribution is -2.09. The minimum atomic E-state index is 0.995. The Hall–Kier alpha value is 0. The highest BCUT2D eigenvalue weighted by Crippen LogP contribution is 2.33. The lowest BCUT2D eigenvalue weighted by molar-refractivity contribution is 0.315. The van der Waals surface area contributed by atoms with Crippen molar-refractivity contribution in [1.29, 1.82) is 0 Å². The van der Waals surface area contributed by atoms with Gasteiger partial charge in [0.1, 0.15) is 0 Å². The molecule has 0 aromatic rings. The van der Waals surface area contributed by atoms with Crippen molar-refractivity contribution in [3.8, 4) is 0 Å². The van der Waals surface area contributed by atoms with Crippen molar-refractivity contribution in [2.75, 3.05) is 0 Å². The highest BCUT2D eigenvalue weighted by molar-refractivity contribution is 4.73. The molecule has 0 aromatic heterocycles. The molecule has 0 spiro atoms. The summed E-state index contributed by atoms with van der Waals surface area (Å²) in [5, 5.41) is 0. The van der Waals surface area contributed by atoms with Crippen molar-refractivity contribution in [1.82, 2.24) is 0 Å². The Morgan fingerprint density at radius 2 is 1.67 bits per heavy atom. The molecule has 0 saturated heterocycles. The van der Waals surface area contributed by atoms with Gasteiger partial charge in [0.25, 0.3) is 0 Å². The molecule has 1 fully saturated rings. The van der Waals surface area contributed by atoms with E-state index in [4.69, 9.17) is 0 Å². The van der Waals surface area contributed by atoms with Gasteiger partial charge in [-0.05, 0) is 24.2 Å². The summed E-state index contributed by atoms with van der Waals surface area (Å²) in [5.41, 5.74) is 0. The summed E-state index contributed by atoms with van der Waals surface area (Å²) in [7, 11) is 0. The second-order valence-electron chi connectivity index (χ2n) is 4.79. The van der Waals surface area contributed by atoms with Gasteiger partial charge in [0.2, 0.25) is 0 Å². The normalized spacial score (nSPS) is 37.8. The third kappa shape index (κ3) is 2.80. The molecule has 0 radical (unpaired) electrons.